The van der Waals surface area contributed by atoms with Gasteiger partial charge in [-0.05, 0) is 119 Å². The highest BCUT2D eigenvalue weighted by atomic mass is 127. The third kappa shape index (κ3) is 6.99. The smallest absolute Gasteiger partial charge is 0.269 e. The number of aryl methyl sites for hydroxylation is 1. The number of nitro groups is 1. The van der Waals surface area contributed by atoms with Crippen molar-refractivity contribution in [1.29, 1.82) is 0 Å². The van der Waals surface area contributed by atoms with Gasteiger partial charge in [-0.25, -0.2) is 4.99 Å². The lowest BCUT2D eigenvalue weighted by Crippen LogP contribution is -2.36. The molecule has 1 N–H and O–H groups in total. The van der Waals surface area contributed by atoms with E-state index in [0.717, 1.165) is 67.4 Å². The second-order valence-corrected chi connectivity index (χ2v) is 13.5. The van der Waals surface area contributed by atoms with Crippen LogP contribution >= 0.6 is 56.5 Å². The van der Waals surface area contributed by atoms with Crippen LogP contribution in [0.3, 0.4) is 0 Å². The quantitative estimate of drug-likeness (QED) is 0.108. The van der Waals surface area contributed by atoms with Gasteiger partial charge in [-0.3, -0.25) is 14.9 Å². The number of amides is 1. The van der Waals surface area contributed by atoms with E-state index in [-0.39, 0.29) is 24.2 Å². The highest BCUT2D eigenvalue weighted by molar-refractivity contribution is 14.1. The lowest BCUT2D eigenvalue weighted by Gasteiger charge is -2.23. The molecule has 0 bridgehead atoms. The summed E-state index contributed by atoms with van der Waals surface area (Å²) in [4.78, 5) is 30.3. The van der Waals surface area contributed by atoms with Gasteiger partial charge in [-0.2, -0.15) is 0 Å². The fourth-order valence-corrected chi connectivity index (χ4v) is 8.48. The number of carbonyl (C=O) groups is 1. The largest absolute Gasteiger partial charge is 0.487 e. The van der Waals surface area contributed by atoms with Gasteiger partial charge in [0.1, 0.15) is 17.4 Å². The average Bonchev–Trinajstić information content (AvgIpc) is 3.30. The predicted molar refractivity (Wildman–Crippen MR) is 172 cm³/mol. The van der Waals surface area contributed by atoms with Crippen LogP contribution < -0.4 is 10.1 Å². The molecule has 1 fully saturated rings. The maximum atomic E-state index is 13.5. The number of thiophene rings is 1. The summed E-state index contributed by atoms with van der Waals surface area (Å²) >= 11 is 6.18. The Labute approximate surface area is 259 Å². The molecule has 0 radical (unpaired) electrons. The van der Waals surface area contributed by atoms with Gasteiger partial charge in [0.2, 0.25) is 0 Å². The number of hydrogen-bond donors (Lipinski definition) is 1. The van der Waals surface area contributed by atoms with Crippen LogP contribution in [0.1, 0.15) is 76.9 Å². The Hall–Kier alpha value is -2.06. The number of nitrogens with zero attached hydrogens (tertiary/aromatic N) is 2. The van der Waals surface area contributed by atoms with Crippen LogP contribution in [-0.2, 0) is 19.4 Å². The number of nitrogens with one attached hydrogen (secondary N) is 1. The SMILES string of the molecule is O=C(NC1CCCCC1)c1c(N=Cc2cc(I)cc(I)c2OCc2ccc([N+](=O)[O-])cc2)sc2c1CCCC2. The van der Waals surface area contributed by atoms with E-state index in [2.05, 4.69) is 50.5 Å². The molecule has 1 saturated carbocycles. The van der Waals surface area contributed by atoms with Crippen LogP contribution in [0.15, 0.2) is 41.4 Å². The molecular formula is C29H29I2N3O4S. The standard InChI is InChI=1S/C29H29I2N3O4S/c30-20-14-19(27(24(31)15-20)38-17-18-10-12-22(13-11-18)34(36)37)16-32-29-26(23-8-4-5-9-25(23)39-29)28(35)33-21-6-2-1-3-7-21/h10-16,21H,1-9,17H2,(H,33,35). The molecule has 1 heterocycles. The fraction of sp³-hybridized carbons (Fsp3) is 0.379. The van der Waals surface area contributed by atoms with Gasteiger partial charge in [-0.15, -0.1) is 11.3 Å². The van der Waals surface area contributed by atoms with E-state index in [4.69, 9.17) is 9.73 Å². The van der Waals surface area contributed by atoms with Crippen molar-refractivity contribution >= 4 is 79.3 Å². The van der Waals surface area contributed by atoms with Crippen LogP contribution in [0.5, 0.6) is 5.75 Å². The first-order chi connectivity index (χ1) is 18.9. The van der Waals surface area contributed by atoms with Gasteiger partial charge in [0.25, 0.3) is 11.6 Å². The second kappa shape index (κ2) is 13.1. The van der Waals surface area contributed by atoms with E-state index >= 15 is 0 Å². The number of carbonyl (C=O) groups excluding carboxylic acids is 1. The lowest BCUT2D eigenvalue weighted by molar-refractivity contribution is -0.384. The lowest BCUT2D eigenvalue weighted by atomic mass is 9.93. The summed E-state index contributed by atoms with van der Waals surface area (Å²) in [6, 6.07) is 10.7. The van der Waals surface area contributed by atoms with Gasteiger partial charge in [0, 0.05) is 38.4 Å². The summed E-state index contributed by atoms with van der Waals surface area (Å²) in [7, 11) is 0. The molecule has 3 aromatic rings. The Morgan fingerprint density at radius 2 is 1.85 bits per heavy atom. The molecule has 0 unspecified atom stereocenters. The monoisotopic (exact) mass is 769 g/mol. The maximum Gasteiger partial charge on any atom is 0.269 e. The van der Waals surface area contributed by atoms with E-state index in [9.17, 15) is 14.9 Å². The normalized spacial score (nSPS) is 15.7. The molecule has 0 spiro atoms. The Bertz CT molecular complexity index is 1400. The zero-order valence-corrected chi connectivity index (χ0v) is 26.5. The molecular weight excluding hydrogens is 740 g/mol. The minimum Gasteiger partial charge on any atom is -0.487 e. The third-order valence-corrected chi connectivity index (χ3v) is 9.83. The van der Waals surface area contributed by atoms with Crippen LogP contribution in [0.2, 0.25) is 0 Å². The van der Waals surface area contributed by atoms with Crippen molar-refractivity contribution in [2.24, 2.45) is 4.99 Å². The van der Waals surface area contributed by atoms with E-state index in [1.807, 2.05) is 18.3 Å². The molecule has 204 valence electrons. The highest BCUT2D eigenvalue weighted by Gasteiger charge is 2.27. The van der Waals surface area contributed by atoms with Crippen molar-refractivity contribution in [3.8, 4) is 5.75 Å². The fourth-order valence-electron chi connectivity index (χ4n) is 5.21. The maximum absolute atomic E-state index is 13.5. The molecule has 39 heavy (non-hydrogen) atoms. The molecule has 2 aliphatic rings. The van der Waals surface area contributed by atoms with Gasteiger partial charge in [-0.1, -0.05) is 19.3 Å². The van der Waals surface area contributed by atoms with Crippen molar-refractivity contribution in [2.75, 3.05) is 0 Å². The summed E-state index contributed by atoms with van der Waals surface area (Å²) in [5.74, 6) is 0.716. The van der Waals surface area contributed by atoms with Crippen molar-refractivity contribution in [3.63, 3.8) is 0 Å². The summed E-state index contributed by atoms with van der Waals surface area (Å²) in [6.07, 6.45) is 11.7. The number of aliphatic imine (C=N–C) groups is 1. The highest BCUT2D eigenvalue weighted by Crippen LogP contribution is 2.40. The Balaban J connectivity index is 1.41. The number of halogens is 2. The van der Waals surface area contributed by atoms with Gasteiger partial charge in [0.15, 0.2) is 0 Å². The Kier molecular flexibility index (Phi) is 9.54. The van der Waals surface area contributed by atoms with Crippen molar-refractivity contribution in [1.82, 2.24) is 5.32 Å². The zero-order chi connectivity index (χ0) is 27.4. The number of nitro benzene ring substituents is 1. The molecule has 10 heteroatoms. The number of ether oxygens (including phenoxy) is 1. The van der Waals surface area contributed by atoms with Crippen LogP contribution in [0.4, 0.5) is 10.7 Å². The predicted octanol–water partition coefficient (Wildman–Crippen LogP) is 8.14. The molecule has 1 aromatic heterocycles. The molecule has 0 atom stereocenters. The van der Waals surface area contributed by atoms with Crippen molar-refractivity contribution < 1.29 is 14.5 Å². The molecule has 5 rings (SSSR count). The van der Waals surface area contributed by atoms with E-state index in [1.165, 1.54) is 41.8 Å². The average molecular weight is 769 g/mol. The number of hydrogen-bond acceptors (Lipinski definition) is 6. The number of fused-ring (bicyclic) bond motifs is 1. The molecule has 0 aliphatic heterocycles. The summed E-state index contributed by atoms with van der Waals surface area (Å²) in [6.45, 7) is 0.276. The molecule has 0 saturated heterocycles. The molecule has 2 aromatic carbocycles. The topological polar surface area (TPSA) is 93.8 Å². The number of benzene rings is 2. The number of rotatable bonds is 8. The van der Waals surface area contributed by atoms with E-state index < -0.39 is 4.92 Å². The van der Waals surface area contributed by atoms with E-state index in [1.54, 1.807) is 23.5 Å². The van der Waals surface area contributed by atoms with Crippen LogP contribution in [-0.4, -0.2) is 23.1 Å². The van der Waals surface area contributed by atoms with Gasteiger partial charge >= 0.3 is 0 Å². The molecule has 1 amide bonds. The van der Waals surface area contributed by atoms with Gasteiger partial charge in [0.05, 0.1) is 14.1 Å². The molecule has 7 nitrogen and oxygen atoms in total. The molecule has 2 aliphatic carbocycles. The Morgan fingerprint density at radius 3 is 2.59 bits per heavy atom. The first kappa shape index (κ1) is 28.5. The van der Waals surface area contributed by atoms with Crippen molar-refractivity contribution in [3.05, 3.63) is 80.8 Å². The van der Waals surface area contributed by atoms with E-state index in [0.29, 0.717) is 5.75 Å². The third-order valence-electron chi connectivity index (χ3n) is 7.21. The minimum atomic E-state index is -0.409. The first-order valence-corrected chi connectivity index (χ1v) is 16.2. The Morgan fingerprint density at radius 1 is 1.10 bits per heavy atom. The zero-order valence-electron chi connectivity index (χ0n) is 21.4. The first-order valence-electron chi connectivity index (χ1n) is 13.2. The van der Waals surface area contributed by atoms with Crippen molar-refractivity contribution in [2.45, 2.75) is 70.4 Å². The minimum absolute atomic E-state index is 0.0142. The summed E-state index contributed by atoms with van der Waals surface area (Å²) in [5.41, 5.74) is 3.66. The van der Waals surface area contributed by atoms with Gasteiger partial charge < -0.3 is 10.1 Å². The summed E-state index contributed by atoms with van der Waals surface area (Å²) in [5, 5.41) is 15.0. The number of non-ortho nitro benzene ring substituents is 1. The summed E-state index contributed by atoms with van der Waals surface area (Å²) < 4.78 is 8.21. The second-order valence-electron chi connectivity index (χ2n) is 9.98. The van der Waals surface area contributed by atoms with Crippen LogP contribution in [0, 0.1) is 17.3 Å². The van der Waals surface area contributed by atoms with Crippen LogP contribution in [0.25, 0.3) is 0 Å².